The van der Waals surface area contributed by atoms with Crippen LogP contribution in [0.25, 0.3) is 0 Å². The largest absolute Gasteiger partial charge is 0.271 e. The van der Waals surface area contributed by atoms with Crippen LogP contribution in [-0.4, -0.2) is 11.4 Å². The van der Waals surface area contributed by atoms with E-state index < -0.39 is 0 Å². The molecule has 0 saturated carbocycles. The van der Waals surface area contributed by atoms with Crippen LogP contribution in [0.4, 0.5) is 5.69 Å². The van der Waals surface area contributed by atoms with E-state index in [2.05, 4.69) is 22.9 Å². The van der Waals surface area contributed by atoms with Crippen molar-refractivity contribution in [2.45, 2.75) is 4.90 Å². The molecule has 1 aromatic rings. The first-order chi connectivity index (χ1) is 6.77. The molecule has 1 rings (SSSR count). The molecule has 0 aliphatic rings. The quantitative estimate of drug-likeness (QED) is 0.253. The molecule has 0 heterocycles. The standard InChI is InChI=1S/C9H9N3S2/c1-14-9(11-6-10)12-7-4-2-3-5-8(7)13/h2-5,13H,1H3,(H,11,12). The Labute approximate surface area is 92.6 Å². The monoisotopic (exact) mass is 223 g/mol. The first-order valence-electron chi connectivity index (χ1n) is 3.83. The molecule has 0 saturated heterocycles. The summed E-state index contributed by atoms with van der Waals surface area (Å²) in [6.45, 7) is 0. The van der Waals surface area contributed by atoms with Crippen LogP contribution in [0.2, 0.25) is 0 Å². The molecule has 0 spiro atoms. The summed E-state index contributed by atoms with van der Waals surface area (Å²) in [6.07, 6.45) is 3.68. The number of rotatable bonds is 1. The van der Waals surface area contributed by atoms with Gasteiger partial charge in [0.1, 0.15) is 0 Å². The molecule has 0 amide bonds. The van der Waals surface area contributed by atoms with E-state index >= 15 is 0 Å². The summed E-state index contributed by atoms with van der Waals surface area (Å²) in [6, 6.07) is 7.46. The Morgan fingerprint density at radius 3 is 2.86 bits per heavy atom. The van der Waals surface area contributed by atoms with Gasteiger partial charge in [-0.15, -0.1) is 12.6 Å². The van der Waals surface area contributed by atoms with E-state index in [0.717, 1.165) is 10.6 Å². The summed E-state index contributed by atoms with van der Waals surface area (Å²) in [5.41, 5.74) is 0.753. The van der Waals surface area contributed by atoms with Crippen molar-refractivity contribution < 1.29 is 0 Å². The molecule has 0 bridgehead atoms. The lowest BCUT2D eigenvalue weighted by atomic mass is 10.3. The number of amidine groups is 1. The predicted molar refractivity (Wildman–Crippen MR) is 63.1 cm³/mol. The lowest BCUT2D eigenvalue weighted by Crippen LogP contribution is -2.12. The fraction of sp³-hybridized carbons (Fsp3) is 0.111. The van der Waals surface area contributed by atoms with E-state index in [4.69, 9.17) is 5.26 Å². The van der Waals surface area contributed by atoms with Crippen molar-refractivity contribution in [3.63, 3.8) is 0 Å². The summed E-state index contributed by atoms with van der Waals surface area (Å²) >= 11 is 5.63. The Hall–Kier alpha value is -1.12. The maximum atomic E-state index is 8.44. The molecule has 0 unspecified atom stereocenters. The number of hydrogen-bond acceptors (Lipinski definition) is 4. The highest BCUT2D eigenvalue weighted by atomic mass is 32.2. The number of nitrogens with one attached hydrogen (secondary N) is 1. The molecular formula is C9H9N3S2. The molecule has 0 radical (unpaired) electrons. The lowest BCUT2D eigenvalue weighted by molar-refractivity contribution is 1.27. The third-order valence-electron chi connectivity index (χ3n) is 1.46. The van der Waals surface area contributed by atoms with Crippen molar-refractivity contribution >= 4 is 35.2 Å². The van der Waals surface area contributed by atoms with Crippen molar-refractivity contribution in [1.29, 1.82) is 5.26 Å². The molecule has 0 fully saturated rings. The Morgan fingerprint density at radius 2 is 2.29 bits per heavy atom. The number of hydrogen-bond donors (Lipinski definition) is 2. The van der Waals surface area contributed by atoms with Crippen LogP contribution in [0, 0.1) is 11.5 Å². The zero-order valence-electron chi connectivity index (χ0n) is 7.56. The Bertz CT molecular complexity index is 382. The molecule has 0 atom stereocenters. The molecule has 14 heavy (non-hydrogen) atoms. The SMILES string of the molecule is CSC(=Nc1ccccc1S)NC#N. The highest BCUT2D eigenvalue weighted by Gasteiger charge is 1.98. The van der Waals surface area contributed by atoms with E-state index in [1.807, 2.05) is 36.7 Å². The predicted octanol–water partition coefficient (Wildman–Crippen LogP) is 2.40. The number of benzene rings is 1. The van der Waals surface area contributed by atoms with Crippen molar-refractivity contribution in [3.05, 3.63) is 24.3 Å². The zero-order valence-corrected chi connectivity index (χ0v) is 9.27. The van der Waals surface area contributed by atoms with Crippen molar-refractivity contribution in [2.24, 2.45) is 4.99 Å². The van der Waals surface area contributed by atoms with Crippen molar-refractivity contribution in [3.8, 4) is 6.19 Å². The molecule has 0 aromatic heterocycles. The summed E-state index contributed by atoms with van der Waals surface area (Å²) in [4.78, 5) is 5.03. The van der Waals surface area contributed by atoms with Crippen LogP contribution in [0.3, 0.4) is 0 Å². The first kappa shape index (κ1) is 11.0. The second kappa shape index (κ2) is 5.58. The van der Waals surface area contributed by atoms with Gasteiger partial charge in [-0.25, -0.2) is 4.99 Å². The van der Waals surface area contributed by atoms with E-state index in [-0.39, 0.29) is 0 Å². The second-order valence-electron chi connectivity index (χ2n) is 2.35. The van der Waals surface area contributed by atoms with Gasteiger partial charge in [0.25, 0.3) is 0 Å². The molecule has 72 valence electrons. The minimum atomic E-state index is 0.564. The van der Waals surface area contributed by atoms with E-state index in [0.29, 0.717) is 5.17 Å². The Kier molecular flexibility index (Phi) is 4.36. The van der Waals surface area contributed by atoms with Crippen molar-refractivity contribution in [1.82, 2.24) is 5.32 Å². The van der Waals surface area contributed by atoms with Crippen LogP contribution < -0.4 is 5.32 Å². The fourth-order valence-corrected chi connectivity index (χ4v) is 1.39. The third-order valence-corrected chi connectivity index (χ3v) is 2.42. The van der Waals surface area contributed by atoms with Gasteiger partial charge in [0, 0.05) is 4.90 Å². The Balaban J connectivity index is 2.95. The number of nitrogens with zero attached hydrogens (tertiary/aromatic N) is 2. The van der Waals surface area contributed by atoms with E-state index in [1.54, 1.807) is 0 Å². The molecule has 5 heteroatoms. The molecule has 1 aromatic carbocycles. The minimum Gasteiger partial charge on any atom is -0.271 e. The Morgan fingerprint density at radius 1 is 1.57 bits per heavy atom. The van der Waals surface area contributed by atoms with Crippen LogP contribution >= 0.6 is 24.4 Å². The van der Waals surface area contributed by atoms with Crippen LogP contribution in [0.5, 0.6) is 0 Å². The van der Waals surface area contributed by atoms with Gasteiger partial charge in [-0.2, -0.15) is 5.26 Å². The minimum absolute atomic E-state index is 0.564. The molecule has 0 aliphatic carbocycles. The molecule has 1 N–H and O–H groups in total. The number of aliphatic imine (C=N–C) groups is 1. The molecule has 3 nitrogen and oxygen atoms in total. The van der Waals surface area contributed by atoms with Crippen LogP contribution in [0.15, 0.2) is 34.2 Å². The van der Waals surface area contributed by atoms with Gasteiger partial charge in [-0.1, -0.05) is 23.9 Å². The number of thioether (sulfide) groups is 1. The van der Waals surface area contributed by atoms with Gasteiger partial charge in [-0.3, -0.25) is 5.32 Å². The summed E-state index contributed by atoms with van der Waals surface area (Å²) in [5.74, 6) is 0. The van der Waals surface area contributed by atoms with Gasteiger partial charge in [0.15, 0.2) is 11.4 Å². The normalized spacial score (nSPS) is 10.8. The highest BCUT2D eigenvalue weighted by Crippen LogP contribution is 2.22. The van der Waals surface area contributed by atoms with Gasteiger partial charge in [0.05, 0.1) is 5.69 Å². The summed E-state index contributed by atoms with van der Waals surface area (Å²) < 4.78 is 0. The molecular weight excluding hydrogens is 214 g/mol. The van der Waals surface area contributed by atoms with Crippen LogP contribution in [-0.2, 0) is 0 Å². The van der Waals surface area contributed by atoms with Gasteiger partial charge >= 0.3 is 0 Å². The maximum Gasteiger partial charge on any atom is 0.183 e. The average molecular weight is 223 g/mol. The smallest absolute Gasteiger partial charge is 0.183 e. The summed E-state index contributed by atoms with van der Waals surface area (Å²) in [7, 11) is 0. The van der Waals surface area contributed by atoms with E-state index in [9.17, 15) is 0 Å². The fourth-order valence-electron chi connectivity index (χ4n) is 0.841. The van der Waals surface area contributed by atoms with E-state index in [1.165, 1.54) is 11.8 Å². The molecule has 0 aliphatic heterocycles. The van der Waals surface area contributed by atoms with Gasteiger partial charge < -0.3 is 0 Å². The number of thiol groups is 1. The lowest BCUT2D eigenvalue weighted by Gasteiger charge is -2.01. The van der Waals surface area contributed by atoms with Gasteiger partial charge in [0.2, 0.25) is 0 Å². The topological polar surface area (TPSA) is 48.2 Å². The zero-order chi connectivity index (χ0) is 10.4. The van der Waals surface area contributed by atoms with Gasteiger partial charge in [-0.05, 0) is 18.4 Å². The van der Waals surface area contributed by atoms with Crippen LogP contribution in [0.1, 0.15) is 0 Å². The highest BCUT2D eigenvalue weighted by molar-refractivity contribution is 8.13. The average Bonchev–Trinajstić information content (AvgIpc) is 2.20. The third kappa shape index (κ3) is 2.98. The number of para-hydroxylation sites is 1. The first-order valence-corrected chi connectivity index (χ1v) is 5.51. The maximum absolute atomic E-state index is 8.44. The van der Waals surface area contributed by atoms with Crippen molar-refractivity contribution in [2.75, 3.05) is 6.26 Å². The summed E-state index contributed by atoms with van der Waals surface area (Å²) in [5, 5.41) is 11.5. The second-order valence-corrected chi connectivity index (χ2v) is 3.62. The number of nitriles is 1.